The Morgan fingerprint density at radius 1 is 1.35 bits per heavy atom. The fourth-order valence-electron chi connectivity index (χ4n) is 1.97. The minimum atomic E-state index is -0.108. The first kappa shape index (κ1) is 14.4. The molecule has 0 atom stereocenters. The third-order valence-corrected chi connectivity index (χ3v) is 3.60. The van der Waals surface area contributed by atoms with E-state index in [0.29, 0.717) is 26.1 Å². The second-order valence-corrected chi connectivity index (χ2v) is 5.14. The van der Waals surface area contributed by atoms with Crippen molar-refractivity contribution in [2.45, 2.75) is 26.2 Å². The minimum Gasteiger partial charge on any atom is -0.466 e. The van der Waals surface area contributed by atoms with Crippen LogP contribution in [0.1, 0.15) is 26.2 Å². The lowest BCUT2D eigenvalue weighted by Gasteiger charge is -2.30. The van der Waals surface area contributed by atoms with Crippen molar-refractivity contribution in [2.75, 3.05) is 31.7 Å². The van der Waals surface area contributed by atoms with Gasteiger partial charge in [0.2, 0.25) is 5.91 Å². The molecule has 0 aromatic rings. The van der Waals surface area contributed by atoms with Crippen LogP contribution in [0.4, 0.5) is 0 Å². The number of nitrogens with zero attached hydrogens (tertiary/aromatic N) is 1. The zero-order valence-corrected chi connectivity index (χ0v) is 11.4. The molecule has 5 heteroatoms. The van der Waals surface area contributed by atoms with E-state index in [0.717, 1.165) is 18.6 Å². The molecule has 0 N–H and O–H groups in total. The van der Waals surface area contributed by atoms with Crippen LogP contribution in [-0.4, -0.2) is 48.5 Å². The molecule has 98 valence electrons. The molecule has 1 saturated heterocycles. The Bertz CT molecular complexity index is 262. The molecule has 0 saturated carbocycles. The monoisotopic (exact) mass is 259 g/mol. The summed E-state index contributed by atoms with van der Waals surface area (Å²) in [4.78, 5) is 25.1. The SMILES string of the molecule is CCOC(=O)C1CCN(C(=O)CCSC)CC1. The summed E-state index contributed by atoms with van der Waals surface area (Å²) < 4.78 is 5.00. The van der Waals surface area contributed by atoms with E-state index >= 15 is 0 Å². The van der Waals surface area contributed by atoms with Crippen LogP contribution in [0.5, 0.6) is 0 Å². The van der Waals surface area contributed by atoms with Gasteiger partial charge in [-0.15, -0.1) is 0 Å². The maximum Gasteiger partial charge on any atom is 0.309 e. The molecule has 0 spiro atoms. The van der Waals surface area contributed by atoms with E-state index in [1.807, 2.05) is 18.1 Å². The summed E-state index contributed by atoms with van der Waals surface area (Å²) in [5.74, 6) is 0.960. The lowest BCUT2D eigenvalue weighted by Crippen LogP contribution is -2.40. The molecular weight excluding hydrogens is 238 g/mol. The van der Waals surface area contributed by atoms with Crippen molar-refractivity contribution in [3.8, 4) is 0 Å². The molecule has 0 radical (unpaired) electrons. The van der Waals surface area contributed by atoms with Gasteiger partial charge in [0.25, 0.3) is 0 Å². The molecule has 0 bridgehead atoms. The van der Waals surface area contributed by atoms with Crippen molar-refractivity contribution in [3.05, 3.63) is 0 Å². The van der Waals surface area contributed by atoms with Gasteiger partial charge >= 0.3 is 5.97 Å². The lowest BCUT2D eigenvalue weighted by molar-refractivity contribution is -0.151. The fourth-order valence-corrected chi connectivity index (χ4v) is 2.35. The number of hydrogen-bond donors (Lipinski definition) is 0. The Labute approximate surface area is 107 Å². The molecule has 1 heterocycles. The Morgan fingerprint density at radius 3 is 2.53 bits per heavy atom. The molecular formula is C12H21NO3S. The van der Waals surface area contributed by atoms with Crippen LogP contribution in [0, 0.1) is 5.92 Å². The van der Waals surface area contributed by atoms with Crippen molar-refractivity contribution >= 4 is 23.6 Å². The fraction of sp³-hybridized carbons (Fsp3) is 0.833. The lowest BCUT2D eigenvalue weighted by atomic mass is 9.97. The average Bonchev–Trinajstić information content (AvgIpc) is 2.36. The predicted octanol–water partition coefficient (Wildman–Crippen LogP) is 1.54. The molecule has 1 amide bonds. The maximum atomic E-state index is 11.8. The minimum absolute atomic E-state index is 0.0143. The largest absolute Gasteiger partial charge is 0.466 e. The molecule has 1 aliphatic heterocycles. The van der Waals surface area contributed by atoms with Gasteiger partial charge in [0.05, 0.1) is 12.5 Å². The highest BCUT2D eigenvalue weighted by molar-refractivity contribution is 7.98. The zero-order chi connectivity index (χ0) is 12.7. The highest BCUT2D eigenvalue weighted by atomic mass is 32.2. The first-order valence-corrected chi connectivity index (χ1v) is 7.51. The van der Waals surface area contributed by atoms with Crippen molar-refractivity contribution in [3.63, 3.8) is 0 Å². The maximum absolute atomic E-state index is 11.8. The van der Waals surface area contributed by atoms with Gasteiger partial charge in [-0.3, -0.25) is 9.59 Å². The Morgan fingerprint density at radius 2 is 2.00 bits per heavy atom. The van der Waals surface area contributed by atoms with Crippen LogP contribution in [-0.2, 0) is 14.3 Å². The molecule has 1 rings (SSSR count). The number of hydrogen-bond acceptors (Lipinski definition) is 4. The van der Waals surface area contributed by atoms with E-state index in [4.69, 9.17) is 4.74 Å². The number of carbonyl (C=O) groups excluding carboxylic acids is 2. The topological polar surface area (TPSA) is 46.6 Å². The van der Waals surface area contributed by atoms with Gasteiger partial charge in [-0.1, -0.05) is 0 Å². The Hall–Kier alpha value is -0.710. The summed E-state index contributed by atoms with van der Waals surface area (Å²) >= 11 is 1.68. The van der Waals surface area contributed by atoms with Crippen molar-refractivity contribution in [1.82, 2.24) is 4.90 Å². The second-order valence-electron chi connectivity index (χ2n) is 4.15. The van der Waals surface area contributed by atoms with E-state index in [1.165, 1.54) is 0 Å². The number of esters is 1. The molecule has 0 aromatic heterocycles. The number of ether oxygens (including phenoxy) is 1. The number of likely N-dealkylation sites (tertiary alicyclic amines) is 1. The second kappa shape index (κ2) is 7.58. The summed E-state index contributed by atoms with van der Waals surface area (Å²) in [5, 5.41) is 0. The van der Waals surface area contributed by atoms with Crippen molar-refractivity contribution < 1.29 is 14.3 Å². The Balaban J connectivity index is 2.30. The standard InChI is InChI=1S/C12H21NO3S/c1-3-16-12(15)10-4-7-13(8-5-10)11(14)6-9-17-2/h10H,3-9H2,1-2H3. The molecule has 0 unspecified atom stereocenters. The van der Waals surface area contributed by atoms with Gasteiger partial charge in [0.1, 0.15) is 0 Å². The van der Waals surface area contributed by atoms with Crippen molar-refractivity contribution in [1.29, 1.82) is 0 Å². The highest BCUT2D eigenvalue weighted by Gasteiger charge is 2.27. The molecule has 1 aliphatic rings. The summed E-state index contributed by atoms with van der Waals surface area (Å²) in [6, 6.07) is 0. The normalized spacial score (nSPS) is 16.9. The summed E-state index contributed by atoms with van der Waals surface area (Å²) in [6.45, 7) is 3.64. The van der Waals surface area contributed by atoms with E-state index in [-0.39, 0.29) is 17.8 Å². The van der Waals surface area contributed by atoms with Crippen LogP contribution in [0.3, 0.4) is 0 Å². The van der Waals surface area contributed by atoms with Gasteiger partial charge in [-0.2, -0.15) is 11.8 Å². The highest BCUT2D eigenvalue weighted by Crippen LogP contribution is 2.19. The average molecular weight is 259 g/mol. The van der Waals surface area contributed by atoms with Crippen LogP contribution < -0.4 is 0 Å². The Kier molecular flexibility index (Phi) is 6.40. The van der Waals surface area contributed by atoms with Crippen LogP contribution >= 0.6 is 11.8 Å². The molecule has 0 aliphatic carbocycles. The summed E-state index contributed by atoms with van der Waals surface area (Å²) in [5.41, 5.74) is 0. The molecule has 1 fully saturated rings. The summed E-state index contributed by atoms with van der Waals surface area (Å²) in [6.07, 6.45) is 4.08. The first-order valence-electron chi connectivity index (χ1n) is 6.12. The third kappa shape index (κ3) is 4.58. The number of carbonyl (C=O) groups is 2. The van der Waals surface area contributed by atoms with Crippen LogP contribution in [0.15, 0.2) is 0 Å². The number of rotatable bonds is 5. The number of amides is 1. The van der Waals surface area contributed by atoms with Crippen molar-refractivity contribution in [2.24, 2.45) is 5.92 Å². The van der Waals surface area contributed by atoms with E-state index in [1.54, 1.807) is 11.8 Å². The van der Waals surface area contributed by atoms with E-state index in [2.05, 4.69) is 0 Å². The first-order chi connectivity index (χ1) is 8.19. The van der Waals surface area contributed by atoms with Gasteiger partial charge in [-0.25, -0.2) is 0 Å². The zero-order valence-electron chi connectivity index (χ0n) is 10.6. The van der Waals surface area contributed by atoms with Gasteiger partial charge in [0.15, 0.2) is 0 Å². The third-order valence-electron chi connectivity index (χ3n) is 2.99. The predicted molar refractivity (Wildman–Crippen MR) is 68.9 cm³/mol. The molecule has 17 heavy (non-hydrogen) atoms. The van der Waals surface area contributed by atoms with Crippen LogP contribution in [0.2, 0.25) is 0 Å². The van der Waals surface area contributed by atoms with E-state index in [9.17, 15) is 9.59 Å². The number of piperidine rings is 1. The number of thioether (sulfide) groups is 1. The summed E-state index contributed by atoms with van der Waals surface area (Å²) in [7, 11) is 0. The quantitative estimate of drug-likeness (QED) is 0.703. The van der Waals surface area contributed by atoms with Gasteiger partial charge < -0.3 is 9.64 Å². The van der Waals surface area contributed by atoms with E-state index < -0.39 is 0 Å². The van der Waals surface area contributed by atoms with Gasteiger partial charge in [0, 0.05) is 25.3 Å². The van der Waals surface area contributed by atoms with Crippen LogP contribution in [0.25, 0.3) is 0 Å². The molecule has 0 aromatic carbocycles. The van der Waals surface area contributed by atoms with Gasteiger partial charge in [-0.05, 0) is 26.0 Å². The molecule has 4 nitrogen and oxygen atoms in total. The smallest absolute Gasteiger partial charge is 0.309 e.